The zero-order valence-corrected chi connectivity index (χ0v) is 12.6. The number of nitrogens with zero attached hydrogens (tertiary/aromatic N) is 1. The summed E-state index contributed by atoms with van der Waals surface area (Å²) in [6.07, 6.45) is -2.35. The summed E-state index contributed by atoms with van der Waals surface area (Å²) in [5.74, 6) is -0.452. The summed E-state index contributed by atoms with van der Waals surface area (Å²) in [6, 6.07) is 2.82. The molecule has 1 aromatic carbocycles. The number of fused-ring (bicyclic) bond motifs is 1. The van der Waals surface area contributed by atoms with E-state index in [0.717, 1.165) is 0 Å². The van der Waals surface area contributed by atoms with E-state index in [-0.39, 0.29) is 30.4 Å². The van der Waals surface area contributed by atoms with Crippen LogP contribution >= 0.6 is 15.9 Å². The fourth-order valence-corrected chi connectivity index (χ4v) is 2.99. The van der Waals surface area contributed by atoms with Crippen molar-refractivity contribution in [1.29, 1.82) is 0 Å². The third kappa shape index (κ3) is 2.36. The molecule has 0 amide bonds. The third-order valence-electron chi connectivity index (χ3n) is 4.15. The maximum Gasteiger partial charge on any atom is 0.396 e. The van der Waals surface area contributed by atoms with Gasteiger partial charge in [-0.15, -0.1) is 0 Å². The lowest BCUT2D eigenvalue weighted by molar-refractivity contribution is -0.190. The monoisotopic (exact) mass is 364 g/mol. The van der Waals surface area contributed by atoms with Crippen LogP contribution in [0.15, 0.2) is 22.8 Å². The van der Waals surface area contributed by atoms with Gasteiger partial charge < -0.3 is 10.3 Å². The summed E-state index contributed by atoms with van der Waals surface area (Å²) in [5.41, 5.74) is 5.18. The Morgan fingerprint density at radius 1 is 1.29 bits per heavy atom. The van der Waals surface area contributed by atoms with Crippen molar-refractivity contribution < 1.29 is 17.6 Å². The SMILES string of the molecule is NCc1cn(CC2(C(F)(F)F)CC2)c2cc(Br)c(F)cc12. The largest absolute Gasteiger partial charge is 0.396 e. The maximum atomic E-state index is 13.6. The molecule has 7 heteroatoms. The first-order valence-electron chi connectivity index (χ1n) is 6.51. The molecule has 1 aliphatic rings. The number of rotatable bonds is 3. The van der Waals surface area contributed by atoms with Gasteiger partial charge in [0, 0.05) is 30.2 Å². The normalized spacial score (nSPS) is 17.4. The third-order valence-corrected chi connectivity index (χ3v) is 4.76. The molecule has 2 nitrogen and oxygen atoms in total. The van der Waals surface area contributed by atoms with E-state index in [1.807, 2.05) is 0 Å². The Hall–Kier alpha value is -1.08. The van der Waals surface area contributed by atoms with Crippen molar-refractivity contribution in [3.63, 3.8) is 0 Å². The fraction of sp³-hybridized carbons (Fsp3) is 0.429. The molecule has 0 radical (unpaired) electrons. The van der Waals surface area contributed by atoms with Gasteiger partial charge in [0.05, 0.1) is 9.89 Å². The second kappa shape index (κ2) is 4.71. The molecule has 1 fully saturated rings. The van der Waals surface area contributed by atoms with E-state index < -0.39 is 17.4 Å². The van der Waals surface area contributed by atoms with Crippen LogP contribution in [0.5, 0.6) is 0 Å². The smallest absolute Gasteiger partial charge is 0.346 e. The van der Waals surface area contributed by atoms with Crippen LogP contribution in [-0.2, 0) is 13.1 Å². The molecule has 1 aliphatic carbocycles. The minimum Gasteiger partial charge on any atom is -0.346 e. The lowest BCUT2D eigenvalue weighted by Gasteiger charge is -2.20. The van der Waals surface area contributed by atoms with Crippen molar-refractivity contribution in [3.8, 4) is 0 Å². The molecule has 1 heterocycles. The second-order valence-electron chi connectivity index (χ2n) is 5.55. The molecular formula is C14H13BrF4N2. The van der Waals surface area contributed by atoms with Crippen LogP contribution in [-0.4, -0.2) is 10.7 Å². The first kappa shape index (κ1) is 14.8. The Bertz CT molecular complexity index is 701. The van der Waals surface area contributed by atoms with E-state index in [2.05, 4.69) is 15.9 Å². The van der Waals surface area contributed by atoms with Gasteiger partial charge in [0.25, 0.3) is 0 Å². The van der Waals surface area contributed by atoms with E-state index in [0.29, 0.717) is 16.5 Å². The van der Waals surface area contributed by atoms with Crippen LogP contribution in [0.3, 0.4) is 0 Å². The van der Waals surface area contributed by atoms with Gasteiger partial charge in [-0.3, -0.25) is 0 Å². The van der Waals surface area contributed by atoms with Crippen LogP contribution in [0.25, 0.3) is 10.9 Å². The zero-order chi connectivity index (χ0) is 15.4. The Balaban J connectivity index is 2.09. The van der Waals surface area contributed by atoms with Gasteiger partial charge >= 0.3 is 6.18 Å². The van der Waals surface area contributed by atoms with Crippen molar-refractivity contribution in [3.05, 3.63) is 34.2 Å². The van der Waals surface area contributed by atoms with Gasteiger partial charge in [0.2, 0.25) is 0 Å². The molecule has 1 saturated carbocycles. The van der Waals surface area contributed by atoms with E-state index in [1.54, 1.807) is 10.8 Å². The van der Waals surface area contributed by atoms with E-state index in [9.17, 15) is 17.6 Å². The Labute approximate surface area is 127 Å². The highest BCUT2D eigenvalue weighted by Gasteiger charge is 2.63. The van der Waals surface area contributed by atoms with E-state index >= 15 is 0 Å². The van der Waals surface area contributed by atoms with Crippen LogP contribution < -0.4 is 5.73 Å². The molecule has 114 valence electrons. The predicted molar refractivity (Wildman–Crippen MR) is 75.2 cm³/mol. The summed E-state index contributed by atoms with van der Waals surface area (Å²) < 4.78 is 54.7. The first-order valence-corrected chi connectivity index (χ1v) is 7.30. The van der Waals surface area contributed by atoms with Crippen molar-refractivity contribution >= 4 is 26.8 Å². The number of aromatic nitrogens is 1. The second-order valence-corrected chi connectivity index (χ2v) is 6.40. The molecule has 0 spiro atoms. The highest BCUT2D eigenvalue weighted by Crippen LogP contribution is 2.58. The van der Waals surface area contributed by atoms with E-state index in [4.69, 9.17) is 5.73 Å². The summed E-state index contributed by atoms with van der Waals surface area (Å²) in [7, 11) is 0. The minimum atomic E-state index is -4.22. The van der Waals surface area contributed by atoms with Crippen molar-refractivity contribution in [1.82, 2.24) is 4.57 Å². The van der Waals surface area contributed by atoms with Gasteiger partial charge in [-0.1, -0.05) is 0 Å². The van der Waals surface area contributed by atoms with Crippen molar-refractivity contribution in [2.75, 3.05) is 0 Å². The Morgan fingerprint density at radius 2 is 1.95 bits per heavy atom. The summed E-state index contributed by atoms with van der Waals surface area (Å²) in [4.78, 5) is 0. The summed E-state index contributed by atoms with van der Waals surface area (Å²) in [6.45, 7) is 0.00859. The lowest BCUT2D eigenvalue weighted by Crippen LogP contribution is -2.28. The Kier molecular flexibility index (Phi) is 3.33. The number of hydrogen-bond acceptors (Lipinski definition) is 1. The van der Waals surface area contributed by atoms with Crippen LogP contribution in [0.4, 0.5) is 17.6 Å². The molecule has 2 N–H and O–H groups in total. The van der Waals surface area contributed by atoms with Gasteiger partial charge in [0.15, 0.2) is 0 Å². The average molecular weight is 365 g/mol. The lowest BCUT2D eigenvalue weighted by atomic mass is 10.1. The number of halogens is 5. The highest BCUT2D eigenvalue weighted by atomic mass is 79.9. The molecule has 2 aromatic rings. The molecule has 0 aliphatic heterocycles. The van der Waals surface area contributed by atoms with E-state index in [1.165, 1.54) is 12.1 Å². The fourth-order valence-electron chi connectivity index (χ4n) is 2.66. The zero-order valence-electron chi connectivity index (χ0n) is 11.0. The minimum absolute atomic E-state index is 0.135. The van der Waals surface area contributed by atoms with Gasteiger partial charge in [-0.05, 0) is 46.5 Å². The van der Waals surface area contributed by atoms with Gasteiger partial charge in [0.1, 0.15) is 5.82 Å². The summed E-state index contributed by atoms with van der Waals surface area (Å²) >= 11 is 3.07. The topological polar surface area (TPSA) is 30.9 Å². The van der Waals surface area contributed by atoms with Crippen molar-refractivity contribution in [2.24, 2.45) is 11.1 Å². The van der Waals surface area contributed by atoms with Crippen LogP contribution in [0.2, 0.25) is 0 Å². The van der Waals surface area contributed by atoms with Crippen LogP contribution in [0.1, 0.15) is 18.4 Å². The predicted octanol–water partition coefficient (Wildman–Crippen LogP) is 4.34. The number of hydrogen-bond donors (Lipinski definition) is 1. The standard InChI is InChI=1S/C14H13BrF4N2/c15-10-4-12-9(3-11(10)16)8(5-20)6-21(12)7-13(1-2-13)14(17,18)19/h3-4,6H,1-2,5,7,20H2. The van der Waals surface area contributed by atoms with Gasteiger partial charge in [-0.2, -0.15) is 13.2 Å². The molecule has 1 aromatic heterocycles. The Morgan fingerprint density at radius 3 is 2.48 bits per heavy atom. The molecule has 0 unspecified atom stereocenters. The first-order chi connectivity index (χ1) is 9.77. The van der Waals surface area contributed by atoms with Crippen molar-refractivity contribution in [2.45, 2.75) is 32.1 Å². The average Bonchev–Trinajstić information content (AvgIpc) is 3.11. The molecular weight excluding hydrogens is 352 g/mol. The molecule has 0 saturated heterocycles. The number of nitrogens with two attached hydrogens (primary N) is 1. The van der Waals surface area contributed by atoms with Crippen LogP contribution in [0, 0.1) is 11.2 Å². The number of benzene rings is 1. The molecule has 0 atom stereocenters. The number of alkyl halides is 3. The highest BCUT2D eigenvalue weighted by molar-refractivity contribution is 9.10. The maximum absolute atomic E-state index is 13.6. The van der Waals surface area contributed by atoms with Gasteiger partial charge in [-0.25, -0.2) is 4.39 Å². The summed E-state index contributed by atoms with van der Waals surface area (Å²) in [5, 5.41) is 0.566. The molecule has 3 rings (SSSR count). The molecule has 0 bridgehead atoms. The quantitative estimate of drug-likeness (QED) is 0.806. The molecule has 21 heavy (non-hydrogen) atoms.